The highest BCUT2D eigenvalue weighted by Gasteiger charge is 2.18. The first-order valence-corrected chi connectivity index (χ1v) is 11.2. The van der Waals surface area contributed by atoms with Crippen LogP contribution in [0, 0.1) is 0 Å². The lowest BCUT2D eigenvalue weighted by atomic mass is 9.99. The Bertz CT molecular complexity index is 1370. The van der Waals surface area contributed by atoms with Gasteiger partial charge in [-0.1, -0.05) is 12.1 Å². The monoisotopic (exact) mass is 444 g/mol. The van der Waals surface area contributed by atoms with Crippen molar-refractivity contribution >= 4 is 34.1 Å². The SMILES string of the molecule is O=C(NNC(=O)c1cc2c(s1)CCCC2)c1ccc(-n2cnc3ccccc3c2=O)cc1. The topological polar surface area (TPSA) is 93.1 Å². The zero-order valence-corrected chi connectivity index (χ0v) is 17.9. The quantitative estimate of drug-likeness (QED) is 0.474. The summed E-state index contributed by atoms with van der Waals surface area (Å²) in [5, 5.41) is 0.523. The lowest BCUT2D eigenvalue weighted by molar-refractivity contribution is 0.0849. The van der Waals surface area contributed by atoms with Gasteiger partial charge in [-0.05, 0) is 73.7 Å². The van der Waals surface area contributed by atoms with E-state index in [1.54, 1.807) is 42.5 Å². The maximum Gasteiger partial charge on any atom is 0.279 e. The van der Waals surface area contributed by atoms with Crippen LogP contribution >= 0.6 is 11.3 Å². The number of aromatic nitrogens is 2. The smallest absolute Gasteiger partial charge is 0.268 e. The van der Waals surface area contributed by atoms with E-state index in [0.717, 1.165) is 25.7 Å². The summed E-state index contributed by atoms with van der Waals surface area (Å²) in [4.78, 5) is 43.8. The molecule has 0 radical (unpaired) electrons. The summed E-state index contributed by atoms with van der Waals surface area (Å²) in [5.41, 5.74) is 7.60. The average molecular weight is 445 g/mol. The fraction of sp³-hybridized carbons (Fsp3) is 0.167. The van der Waals surface area contributed by atoms with Crippen molar-refractivity contribution in [1.29, 1.82) is 0 Å². The first-order valence-electron chi connectivity index (χ1n) is 10.4. The predicted molar refractivity (Wildman–Crippen MR) is 123 cm³/mol. The highest BCUT2D eigenvalue weighted by Crippen LogP contribution is 2.29. The fourth-order valence-electron chi connectivity index (χ4n) is 3.88. The van der Waals surface area contributed by atoms with E-state index in [0.29, 0.717) is 27.0 Å². The number of amides is 2. The van der Waals surface area contributed by atoms with Crippen molar-refractivity contribution in [2.75, 3.05) is 0 Å². The highest BCUT2D eigenvalue weighted by atomic mass is 32.1. The van der Waals surface area contributed by atoms with Crippen molar-refractivity contribution in [3.05, 3.63) is 92.2 Å². The van der Waals surface area contributed by atoms with Crippen LogP contribution in [0.2, 0.25) is 0 Å². The predicted octanol–water partition coefficient (Wildman–Crippen LogP) is 3.40. The van der Waals surface area contributed by atoms with Crippen molar-refractivity contribution in [1.82, 2.24) is 20.4 Å². The Morgan fingerprint density at radius 1 is 0.938 bits per heavy atom. The van der Waals surface area contributed by atoms with E-state index >= 15 is 0 Å². The lowest BCUT2D eigenvalue weighted by Crippen LogP contribution is -2.41. The summed E-state index contributed by atoms with van der Waals surface area (Å²) in [6, 6.07) is 15.6. The number of thiophene rings is 1. The number of para-hydroxylation sites is 1. The van der Waals surface area contributed by atoms with Crippen LogP contribution in [0.15, 0.2) is 65.7 Å². The fourth-order valence-corrected chi connectivity index (χ4v) is 5.03. The molecule has 2 aromatic heterocycles. The summed E-state index contributed by atoms with van der Waals surface area (Å²) in [7, 11) is 0. The number of nitrogens with one attached hydrogen (secondary N) is 2. The molecule has 0 saturated heterocycles. The molecule has 0 aliphatic heterocycles. The Balaban J connectivity index is 1.27. The first kappa shape index (κ1) is 20.1. The molecular weight excluding hydrogens is 424 g/mol. The molecule has 0 saturated carbocycles. The Morgan fingerprint density at radius 2 is 1.69 bits per heavy atom. The van der Waals surface area contributed by atoms with E-state index in [9.17, 15) is 14.4 Å². The van der Waals surface area contributed by atoms with Gasteiger partial charge in [0, 0.05) is 10.4 Å². The number of hydrazine groups is 1. The van der Waals surface area contributed by atoms with Crippen LogP contribution in [0.1, 0.15) is 43.3 Å². The van der Waals surface area contributed by atoms with E-state index in [-0.39, 0.29) is 11.5 Å². The van der Waals surface area contributed by atoms with Crippen LogP contribution in [-0.4, -0.2) is 21.4 Å². The van der Waals surface area contributed by atoms with E-state index in [4.69, 9.17) is 0 Å². The number of fused-ring (bicyclic) bond motifs is 2. The van der Waals surface area contributed by atoms with Gasteiger partial charge in [-0.2, -0.15) is 0 Å². The molecule has 0 atom stereocenters. The second kappa shape index (κ2) is 8.39. The molecule has 2 aromatic carbocycles. The number of hydrogen-bond donors (Lipinski definition) is 2. The van der Waals surface area contributed by atoms with E-state index in [1.165, 1.54) is 32.7 Å². The van der Waals surface area contributed by atoms with Gasteiger partial charge in [0.2, 0.25) is 0 Å². The van der Waals surface area contributed by atoms with Gasteiger partial charge in [0.25, 0.3) is 17.4 Å². The number of aryl methyl sites for hydroxylation is 2. The molecule has 2 heterocycles. The molecule has 1 aliphatic carbocycles. The zero-order valence-electron chi connectivity index (χ0n) is 17.1. The van der Waals surface area contributed by atoms with Crippen LogP contribution in [0.3, 0.4) is 0 Å². The summed E-state index contributed by atoms with van der Waals surface area (Å²) >= 11 is 1.49. The first-order chi connectivity index (χ1) is 15.6. The third-order valence-electron chi connectivity index (χ3n) is 5.58. The lowest BCUT2D eigenvalue weighted by Gasteiger charge is -2.09. The standard InChI is InChI=1S/C24H20N4O3S/c29-22(26-27-23(30)21-13-16-5-1-4-8-20(16)32-21)15-9-11-17(12-10-15)28-14-25-19-7-3-2-6-18(19)24(28)31/h2-3,6-7,9-14H,1,4-5,8H2,(H,26,29)(H,27,30). The molecule has 2 N–H and O–H groups in total. The second-order valence-corrected chi connectivity index (χ2v) is 8.79. The molecule has 1 aliphatic rings. The van der Waals surface area contributed by atoms with Gasteiger partial charge in [0.15, 0.2) is 0 Å². The number of hydrogen-bond acceptors (Lipinski definition) is 5. The largest absolute Gasteiger partial charge is 0.279 e. The summed E-state index contributed by atoms with van der Waals surface area (Å²) in [6.07, 6.45) is 5.80. The van der Waals surface area contributed by atoms with Crippen molar-refractivity contribution < 1.29 is 9.59 Å². The van der Waals surface area contributed by atoms with E-state index < -0.39 is 5.91 Å². The zero-order chi connectivity index (χ0) is 22.1. The Morgan fingerprint density at radius 3 is 2.50 bits per heavy atom. The molecule has 4 aromatic rings. The number of benzene rings is 2. The Hall–Kier alpha value is -3.78. The molecule has 32 heavy (non-hydrogen) atoms. The van der Waals surface area contributed by atoms with Gasteiger partial charge in [0.1, 0.15) is 6.33 Å². The Labute approximate surface area is 187 Å². The minimum Gasteiger partial charge on any atom is -0.268 e. The number of nitrogens with zero attached hydrogens (tertiary/aromatic N) is 2. The van der Waals surface area contributed by atoms with Crippen LogP contribution in [0.5, 0.6) is 0 Å². The third-order valence-corrected chi connectivity index (χ3v) is 6.82. The van der Waals surface area contributed by atoms with Gasteiger partial charge in [-0.3, -0.25) is 29.8 Å². The van der Waals surface area contributed by atoms with Gasteiger partial charge < -0.3 is 0 Å². The minimum absolute atomic E-state index is 0.182. The molecule has 5 rings (SSSR count). The molecule has 0 bridgehead atoms. The van der Waals surface area contributed by atoms with E-state index in [1.807, 2.05) is 12.1 Å². The van der Waals surface area contributed by atoms with Crippen molar-refractivity contribution in [2.45, 2.75) is 25.7 Å². The van der Waals surface area contributed by atoms with Gasteiger partial charge in [-0.25, -0.2) is 4.98 Å². The van der Waals surface area contributed by atoms with Crippen LogP contribution in [0.4, 0.5) is 0 Å². The van der Waals surface area contributed by atoms with Gasteiger partial charge >= 0.3 is 0 Å². The third kappa shape index (κ3) is 3.80. The Kier molecular flexibility index (Phi) is 5.28. The van der Waals surface area contributed by atoms with E-state index in [2.05, 4.69) is 15.8 Å². The number of carbonyl (C=O) groups is 2. The minimum atomic E-state index is -0.435. The van der Waals surface area contributed by atoms with Crippen LogP contribution in [0.25, 0.3) is 16.6 Å². The summed E-state index contributed by atoms with van der Waals surface area (Å²) < 4.78 is 1.43. The molecule has 2 amide bonds. The van der Waals surface area contributed by atoms with Crippen molar-refractivity contribution in [3.8, 4) is 5.69 Å². The number of rotatable bonds is 3. The molecule has 0 unspecified atom stereocenters. The van der Waals surface area contributed by atoms with Gasteiger partial charge in [-0.15, -0.1) is 11.3 Å². The molecule has 0 spiro atoms. The van der Waals surface area contributed by atoms with Crippen LogP contribution in [-0.2, 0) is 12.8 Å². The highest BCUT2D eigenvalue weighted by molar-refractivity contribution is 7.14. The molecular formula is C24H20N4O3S. The average Bonchev–Trinajstić information content (AvgIpc) is 3.27. The van der Waals surface area contributed by atoms with Crippen molar-refractivity contribution in [3.63, 3.8) is 0 Å². The maximum atomic E-state index is 12.7. The molecule has 8 heteroatoms. The van der Waals surface area contributed by atoms with Gasteiger partial charge in [0.05, 0.1) is 21.5 Å². The molecule has 7 nitrogen and oxygen atoms in total. The summed E-state index contributed by atoms with van der Waals surface area (Å²) in [6.45, 7) is 0. The second-order valence-electron chi connectivity index (χ2n) is 7.66. The maximum absolute atomic E-state index is 12.7. The normalized spacial score (nSPS) is 12.9. The molecule has 160 valence electrons. The summed E-state index contributed by atoms with van der Waals surface area (Å²) in [5.74, 6) is -0.752. The number of carbonyl (C=O) groups excluding carboxylic acids is 2. The van der Waals surface area contributed by atoms with Crippen molar-refractivity contribution in [2.24, 2.45) is 0 Å². The van der Waals surface area contributed by atoms with Crippen LogP contribution < -0.4 is 16.4 Å². The molecule has 0 fully saturated rings.